The molecule has 0 saturated heterocycles. The van der Waals surface area contributed by atoms with E-state index in [9.17, 15) is 0 Å². The molecule has 0 amide bonds. The Hall–Kier alpha value is -8.46. The van der Waals surface area contributed by atoms with Crippen LogP contribution in [0.1, 0.15) is 79.5 Å². The Bertz CT molecular complexity index is 3970. The standard InChI is InChI=1S/C68H48N2.C2H6/c1-67(2)58-26-12-7-22-51(58)54-36-35-49(42-63(54)67)69(47-33-31-44(32-34-47)43-17-4-3-5-18-43)48-21-16-20-46(39-48)45-19-6-11-29-61-57-41-50(40-45)70-64-30-15-10-25-55(64)56-37-38-62(65(57)66(56)70)68(61)59-27-13-8-23-52(59)53-24-9-14-28-60(53)68;1-2/h3-5,7-40,42H,6,41H2,1-2H3;1-2H3/b29-11-,45-19+,50-40+;. The number of rotatable bonds is 5. The van der Waals surface area contributed by atoms with Gasteiger partial charge < -0.3 is 9.47 Å². The van der Waals surface area contributed by atoms with Gasteiger partial charge in [-0.2, -0.15) is 0 Å². The Labute approximate surface area is 422 Å². The summed E-state index contributed by atoms with van der Waals surface area (Å²) in [6.45, 7) is 8.74. The molecule has 1 spiro atoms. The van der Waals surface area contributed by atoms with Crippen molar-refractivity contribution < 1.29 is 0 Å². The van der Waals surface area contributed by atoms with Gasteiger partial charge in [-0.05, 0) is 138 Å². The van der Waals surface area contributed by atoms with Crippen LogP contribution in [0.3, 0.4) is 0 Å². The van der Waals surface area contributed by atoms with Crippen LogP contribution in [0.5, 0.6) is 0 Å². The monoisotopic (exact) mass is 922 g/mol. The minimum atomic E-state index is -0.391. The van der Waals surface area contributed by atoms with E-state index in [0.717, 1.165) is 29.9 Å². The second kappa shape index (κ2) is 16.0. The molecule has 4 aliphatic carbocycles. The van der Waals surface area contributed by atoms with Gasteiger partial charge in [0.05, 0.1) is 16.4 Å². The molecule has 2 bridgehead atoms. The molecular formula is C70H54N2. The fourth-order valence-electron chi connectivity index (χ4n) is 13.4. The van der Waals surface area contributed by atoms with Crippen LogP contribution in [0.15, 0.2) is 236 Å². The fourth-order valence-corrected chi connectivity index (χ4v) is 13.4. The quantitative estimate of drug-likeness (QED) is 0.167. The van der Waals surface area contributed by atoms with Gasteiger partial charge in [-0.15, -0.1) is 0 Å². The lowest BCUT2D eigenvalue weighted by Gasteiger charge is -2.31. The normalized spacial score (nSPS) is 17.6. The molecule has 344 valence electrons. The van der Waals surface area contributed by atoms with Crippen molar-refractivity contribution in [3.8, 4) is 33.4 Å². The molecule has 9 aromatic carbocycles. The minimum absolute atomic E-state index is 0.126. The fraction of sp³-hybridized carbons (Fsp3) is 0.114. The number of hydrogen-bond acceptors (Lipinski definition) is 1. The van der Waals surface area contributed by atoms with Crippen molar-refractivity contribution in [1.82, 2.24) is 4.57 Å². The SMILES string of the molecule is CC.CC1(C)c2ccccc2-c2ccc(N(c3ccc(-c4ccccc4)cc3)c3cccc(C4=C/C/C=C\C5=C6C/C(=C\4)n4c7ccccc7c7ccc(c6c74)C54c5ccccc5-c5ccccc54)c3)cc21. The van der Waals surface area contributed by atoms with Crippen molar-refractivity contribution in [3.05, 3.63) is 275 Å². The van der Waals surface area contributed by atoms with E-state index in [-0.39, 0.29) is 5.41 Å². The van der Waals surface area contributed by atoms with Crippen LogP contribution in [0.4, 0.5) is 17.1 Å². The summed E-state index contributed by atoms with van der Waals surface area (Å²) in [5, 5.41) is 2.62. The highest BCUT2D eigenvalue weighted by Gasteiger charge is 2.53. The van der Waals surface area contributed by atoms with Crippen molar-refractivity contribution in [2.45, 2.75) is 51.4 Å². The minimum Gasteiger partial charge on any atom is -0.312 e. The number of para-hydroxylation sites is 1. The van der Waals surface area contributed by atoms with Crippen LogP contribution in [-0.4, -0.2) is 4.57 Å². The van der Waals surface area contributed by atoms with Crippen molar-refractivity contribution >= 4 is 55.7 Å². The summed E-state index contributed by atoms with van der Waals surface area (Å²) in [6, 6.07) is 77.4. The molecule has 1 aliphatic heterocycles. The number of nitrogens with zero attached hydrogens (tertiary/aromatic N) is 2. The Morgan fingerprint density at radius 2 is 1.08 bits per heavy atom. The summed E-state index contributed by atoms with van der Waals surface area (Å²) in [4.78, 5) is 2.46. The topological polar surface area (TPSA) is 8.17 Å². The van der Waals surface area contributed by atoms with Crippen LogP contribution in [0.25, 0.3) is 72.0 Å². The maximum Gasteiger partial charge on any atom is 0.0723 e. The Kier molecular flexibility index (Phi) is 9.45. The van der Waals surface area contributed by atoms with Gasteiger partial charge in [-0.1, -0.05) is 210 Å². The third kappa shape index (κ3) is 5.84. The van der Waals surface area contributed by atoms with E-state index in [1.165, 1.54) is 117 Å². The van der Waals surface area contributed by atoms with Gasteiger partial charge in [0.1, 0.15) is 0 Å². The number of aromatic nitrogens is 1. The highest BCUT2D eigenvalue weighted by atomic mass is 15.1. The molecule has 0 saturated carbocycles. The molecule has 5 aliphatic rings. The lowest BCUT2D eigenvalue weighted by Crippen LogP contribution is -2.26. The van der Waals surface area contributed by atoms with Gasteiger partial charge in [0.15, 0.2) is 0 Å². The molecule has 0 atom stereocenters. The number of benzene rings is 9. The van der Waals surface area contributed by atoms with Gasteiger partial charge in [-0.3, -0.25) is 0 Å². The van der Waals surface area contributed by atoms with Crippen LogP contribution in [0, 0.1) is 0 Å². The molecule has 15 rings (SSSR count). The zero-order valence-corrected chi connectivity index (χ0v) is 41.2. The highest BCUT2D eigenvalue weighted by molar-refractivity contribution is 6.18. The molecule has 2 nitrogen and oxygen atoms in total. The second-order valence-electron chi connectivity index (χ2n) is 20.3. The molecule has 2 heteroatoms. The summed E-state index contributed by atoms with van der Waals surface area (Å²) in [7, 11) is 0. The highest BCUT2D eigenvalue weighted by Crippen LogP contribution is 2.65. The first kappa shape index (κ1) is 42.4. The van der Waals surface area contributed by atoms with Gasteiger partial charge >= 0.3 is 0 Å². The lowest BCUT2D eigenvalue weighted by molar-refractivity contribution is 0.660. The number of fused-ring (bicyclic) bond motifs is 15. The Morgan fingerprint density at radius 1 is 0.472 bits per heavy atom. The predicted octanol–water partition coefficient (Wildman–Crippen LogP) is 18.6. The van der Waals surface area contributed by atoms with E-state index in [2.05, 4.69) is 254 Å². The van der Waals surface area contributed by atoms with E-state index in [4.69, 9.17) is 0 Å². The Morgan fingerprint density at radius 3 is 1.85 bits per heavy atom. The van der Waals surface area contributed by atoms with Crippen molar-refractivity contribution in [2.75, 3.05) is 4.90 Å². The zero-order chi connectivity index (χ0) is 48.3. The van der Waals surface area contributed by atoms with Gasteiger partial charge in [0.25, 0.3) is 0 Å². The van der Waals surface area contributed by atoms with Crippen molar-refractivity contribution in [1.29, 1.82) is 0 Å². The lowest BCUT2D eigenvalue weighted by atomic mass is 9.69. The van der Waals surface area contributed by atoms with E-state index < -0.39 is 5.41 Å². The third-order valence-corrected chi connectivity index (χ3v) is 16.4. The smallest absolute Gasteiger partial charge is 0.0723 e. The summed E-state index contributed by atoms with van der Waals surface area (Å²) < 4.78 is 2.62. The average Bonchev–Trinajstić information content (AvgIpc) is 4.10. The predicted molar refractivity (Wildman–Crippen MR) is 304 cm³/mol. The molecule has 72 heavy (non-hydrogen) atoms. The Balaban J connectivity index is 0.00000238. The van der Waals surface area contributed by atoms with Crippen molar-refractivity contribution in [2.24, 2.45) is 0 Å². The largest absolute Gasteiger partial charge is 0.312 e. The second-order valence-corrected chi connectivity index (χ2v) is 20.3. The molecule has 2 heterocycles. The summed E-state index contributed by atoms with van der Waals surface area (Å²) in [5.41, 5.74) is 28.2. The van der Waals surface area contributed by atoms with E-state index in [1.54, 1.807) is 0 Å². The first-order valence-electron chi connectivity index (χ1n) is 25.9. The number of allylic oxidation sites excluding steroid dienone is 8. The molecule has 10 aromatic rings. The maximum atomic E-state index is 2.62. The van der Waals surface area contributed by atoms with Gasteiger partial charge in [0.2, 0.25) is 0 Å². The molecule has 0 unspecified atom stereocenters. The number of hydrogen-bond donors (Lipinski definition) is 0. The van der Waals surface area contributed by atoms with Crippen molar-refractivity contribution in [3.63, 3.8) is 0 Å². The molecular weight excluding hydrogens is 869 g/mol. The summed E-state index contributed by atoms with van der Waals surface area (Å²) in [5.74, 6) is 0. The summed E-state index contributed by atoms with van der Waals surface area (Å²) >= 11 is 0. The first-order valence-corrected chi connectivity index (χ1v) is 25.9. The molecule has 0 fully saturated rings. The van der Waals surface area contributed by atoms with Gasteiger partial charge in [-0.25, -0.2) is 0 Å². The van der Waals surface area contributed by atoms with Crippen LogP contribution < -0.4 is 4.90 Å². The van der Waals surface area contributed by atoms with Gasteiger partial charge in [0, 0.05) is 50.9 Å². The molecule has 0 N–H and O–H groups in total. The maximum absolute atomic E-state index is 2.62. The van der Waals surface area contributed by atoms with E-state index in [0.29, 0.717) is 0 Å². The molecule has 0 radical (unpaired) electrons. The zero-order valence-electron chi connectivity index (χ0n) is 41.2. The van der Waals surface area contributed by atoms with Crippen LogP contribution in [0.2, 0.25) is 0 Å². The van der Waals surface area contributed by atoms with E-state index >= 15 is 0 Å². The average molecular weight is 923 g/mol. The van der Waals surface area contributed by atoms with Crippen LogP contribution in [-0.2, 0) is 10.8 Å². The third-order valence-electron chi connectivity index (χ3n) is 16.4. The van der Waals surface area contributed by atoms with E-state index in [1.807, 2.05) is 13.8 Å². The number of anilines is 3. The molecule has 1 aromatic heterocycles. The van der Waals surface area contributed by atoms with Crippen LogP contribution >= 0.6 is 0 Å². The first-order chi connectivity index (χ1) is 35.5. The summed E-state index contributed by atoms with van der Waals surface area (Å²) in [6.07, 6.45) is 11.5.